The fourth-order valence-corrected chi connectivity index (χ4v) is 2.93. The fraction of sp³-hybridized carbons (Fsp3) is 0.600. The smallest absolute Gasteiger partial charge is 0.133 e. The van der Waals surface area contributed by atoms with Crippen LogP contribution >= 0.6 is 11.8 Å². The van der Waals surface area contributed by atoms with Crippen molar-refractivity contribution in [3.05, 3.63) is 24.3 Å². The van der Waals surface area contributed by atoms with Crippen LogP contribution in [-0.4, -0.2) is 24.9 Å². The summed E-state index contributed by atoms with van der Waals surface area (Å²) in [5.74, 6) is 1.06. The van der Waals surface area contributed by atoms with Gasteiger partial charge in [0.1, 0.15) is 11.4 Å². The summed E-state index contributed by atoms with van der Waals surface area (Å²) in [4.78, 5) is 1.24. The highest BCUT2D eigenvalue weighted by Gasteiger charge is 2.39. The number of hydrogen-bond acceptors (Lipinski definition) is 3. The minimum atomic E-state index is 0.0913. The largest absolute Gasteiger partial charge is 0.486 e. The molecule has 1 N–H and O–H groups in total. The third-order valence-corrected chi connectivity index (χ3v) is 4.44. The van der Waals surface area contributed by atoms with E-state index in [1.807, 2.05) is 0 Å². The lowest BCUT2D eigenvalue weighted by molar-refractivity contribution is -0.0163. The normalized spacial score (nSPS) is 17.2. The van der Waals surface area contributed by atoms with Gasteiger partial charge in [0, 0.05) is 4.90 Å². The van der Waals surface area contributed by atoms with E-state index < -0.39 is 0 Å². The molecule has 1 aliphatic carbocycles. The average Bonchev–Trinajstić information content (AvgIpc) is 2.36. The molecule has 0 heterocycles. The molecular weight excluding hydrogens is 242 g/mol. The number of nitrogens with one attached hydrogen (secondary N) is 1. The molecular formula is C15H23NOS. The van der Waals surface area contributed by atoms with E-state index in [1.54, 1.807) is 11.8 Å². The van der Waals surface area contributed by atoms with E-state index in [-0.39, 0.29) is 5.60 Å². The molecule has 0 aliphatic heterocycles. The third-order valence-electron chi connectivity index (χ3n) is 3.67. The Hall–Kier alpha value is -0.670. The molecule has 100 valence electrons. The summed E-state index contributed by atoms with van der Waals surface area (Å²) in [5.41, 5.74) is 0.0913. The highest BCUT2D eigenvalue weighted by Crippen LogP contribution is 2.41. The second kappa shape index (κ2) is 6.48. The second-order valence-corrected chi connectivity index (χ2v) is 5.74. The van der Waals surface area contributed by atoms with Crippen molar-refractivity contribution >= 4 is 11.8 Å². The quantitative estimate of drug-likeness (QED) is 0.600. The molecule has 1 aromatic carbocycles. The average molecular weight is 265 g/mol. The van der Waals surface area contributed by atoms with Crippen LogP contribution in [0, 0.1) is 0 Å². The van der Waals surface area contributed by atoms with E-state index >= 15 is 0 Å². The van der Waals surface area contributed by atoms with Crippen LogP contribution in [-0.2, 0) is 0 Å². The Kier molecular flexibility index (Phi) is 4.95. The van der Waals surface area contributed by atoms with Gasteiger partial charge < -0.3 is 10.1 Å². The Labute approximate surface area is 114 Å². The molecule has 0 saturated heterocycles. The summed E-state index contributed by atoms with van der Waals surface area (Å²) >= 11 is 1.76. The molecule has 1 fully saturated rings. The van der Waals surface area contributed by atoms with Gasteiger partial charge in [0.15, 0.2) is 0 Å². The van der Waals surface area contributed by atoms with E-state index in [0.29, 0.717) is 0 Å². The van der Waals surface area contributed by atoms with E-state index in [1.165, 1.54) is 24.2 Å². The van der Waals surface area contributed by atoms with Gasteiger partial charge in [0.05, 0.1) is 0 Å². The van der Waals surface area contributed by atoms with Gasteiger partial charge in [-0.15, -0.1) is 11.8 Å². The first-order valence-electron chi connectivity index (χ1n) is 6.82. The maximum absolute atomic E-state index is 6.35. The summed E-state index contributed by atoms with van der Waals surface area (Å²) < 4.78 is 6.35. The minimum Gasteiger partial charge on any atom is -0.486 e. The molecule has 2 nitrogen and oxygen atoms in total. The Bertz CT molecular complexity index is 377. The molecule has 2 rings (SSSR count). The molecule has 0 amide bonds. The number of rotatable bonds is 7. The maximum Gasteiger partial charge on any atom is 0.133 e. The molecule has 0 unspecified atom stereocenters. The summed E-state index contributed by atoms with van der Waals surface area (Å²) in [6, 6.07) is 8.37. The van der Waals surface area contributed by atoms with Crippen molar-refractivity contribution in [2.75, 3.05) is 19.3 Å². The molecule has 0 aromatic heterocycles. The first-order valence-corrected chi connectivity index (χ1v) is 8.05. The van der Waals surface area contributed by atoms with Crippen molar-refractivity contribution in [3.8, 4) is 5.75 Å². The SMILES string of the molecule is CCNCCC1(Oc2ccccc2SC)CCC1. The Morgan fingerprint density at radius 2 is 2.11 bits per heavy atom. The molecule has 1 aromatic rings. The van der Waals surface area contributed by atoms with Gasteiger partial charge in [0.25, 0.3) is 0 Å². The monoisotopic (exact) mass is 265 g/mol. The van der Waals surface area contributed by atoms with E-state index in [2.05, 4.69) is 42.8 Å². The second-order valence-electron chi connectivity index (χ2n) is 4.89. The molecule has 0 bridgehead atoms. The lowest BCUT2D eigenvalue weighted by Gasteiger charge is -2.42. The number of para-hydroxylation sites is 1. The lowest BCUT2D eigenvalue weighted by atomic mass is 9.77. The molecule has 0 radical (unpaired) electrons. The molecule has 18 heavy (non-hydrogen) atoms. The number of benzene rings is 1. The van der Waals surface area contributed by atoms with Gasteiger partial charge in [-0.1, -0.05) is 19.1 Å². The van der Waals surface area contributed by atoms with Crippen molar-refractivity contribution < 1.29 is 4.74 Å². The van der Waals surface area contributed by atoms with E-state index in [0.717, 1.165) is 25.3 Å². The summed E-state index contributed by atoms with van der Waals surface area (Å²) in [7, 11) is 0. The topological polar surface area (TPSA) is 21.3 Å². The van der Waals surface area contributed by atoms with Crippen molar-refractivity contribution in [2.24, 2.45) is 0 Å². The molecule has 3 heteroatoms. The molecule has 1 aliphatic rings. The van der Waals surface area contributed by atoms with Crippen molar-refractivity contribution in [1.29, 1.82) is 0 Å². The van der Waals surface area contributed by atoms with Gasteiger partial charge in [-0.25, -0.2) is 0 Å². The molecule has 0 atom stereocenters. The Balaban J connectivity index is 2.01. The van der Waals surface area contributed by atoms with Gasteiger partial charge in [-0.3, -0.25) is 0 Å². The minimum absolute atomic E-state index is 0.0913. The number of hydrogen-bond donors (Lipinski definition) is 1. The van der Waals surface area contributed by atoms with Crippen LogP contribution in [0.15, 0.2) is 29.2 Å². The van der Waals surface area contributed by atoms with Crippen LogP contribution in [0.5, 0.6) is 5.75 Å². The van der Waals surface area contributed by atoms with Crippen LogP contribution in [0.1, 0.15) is 32.6 Å². The predicted octanol–water partition coefficient (Wildman–Crippen LogP) is 3.71. The first-order chi connectivity index (χ1) is 8.79. The number of ether oxygens (including phenoxy) is 1. The van der Waals surface area contributed by atoms with E-state index in [4.69, 9.17) is 4.74 Å². The van der Waals surface area contributed by atoms with Crippen LogP contribution in [0.2, 0.25) is 0 Å². The maximum atomic E-state index is 6.35. The highest BCUT2D eigenvalue weighted by molar-refractivity contribution is 7.98. The van der Waals surface area contributed by atoms with Gasteiger partial charge in [-0.2, -0.15) is 0 Å². The summed E-state index contributed by atoms with van der Waals surface area (Å²) in [5, 5.41) is 3.40. The fourth-order valence-electron chi connectivity index (χ4n) is 2.40. The zero-order chi connectivity index (χ0) is 12.8. The highest BCUT2D eigenvalue weighted by atomic mass is 32.2. The Morgan fingerprint density at radius 3 is 2.72 bits per heavy atom. The van der Waals surface area contributed by atoms with Gasteiger partial charge >= 0.3 is 0 Å². The standard InChI is InChI=1S/C15H23NOS/c1-3-16-12-11-15(9-6-10-15)17-13-7-4-5-8-14(13)18-2/h4-5,7-8,16H,3,6,9-12H2,1-2H3. The van der Waals surface area contributed by atoms with Crippen molar-refractivity contribution in [2.45, 2.75) is 43.1 Å². The third kappa shape index (κ3) is 3.21. The van der Waals surface area contributed by atoms with E-state index in [9.17, 15) is 0 Å². The van der Waals surface area contributed by atoms with Gasteiger partial charge in [-0.05, 0) is 57.2 Å². The predicted molar refractivity (Wildman–Crippen MR) is 78.6 cm³/mol. The van der Waals surface area contributed by atoms with Crippen molar-refractivity contribution in [1.82, 2.24) is 5.32 Å². The zero-order valence-corrected chi connectivity index (χ0v) is 12.2. The molecule has 1 saturated carbocycles. The zero-order valence-electron chi connectivity index (χ0n) is 11.4. The number of thioether (sulfide) groups is 1. The van der Waals surface area contributed by atoms with Crippen LogP contribution in [0.3, 0.4) is 0 Å². The summed E-state index contributed by atoms with van der Waals surface area (Å²) in [6.07, 6.45) is 6.91. The van der Waals surface area contributed by atoms with Crippen molar-refractivity contribution in [3.63, 3.8) is 0 Å². The van der Waals surface area contributed by atoms with Gasteiger partial charge in [0.2, 0.25) is 0 Å². The molecule has 0 spiro atoms. The summed E-state index contributed by atoms with van der Waals surface area (Å²) in [6.45, 7) is 4.24. The van der Waals surface area contributed by atoms with Crippen LogP contribution in [0.4, 0.5) is 0 Å². The first kappa shape index (κ1) is 13.8. The Morgan fingerprint density at radius 1 is 1.33 bits per heavy atom. The van der Waals surface area contributed by atoms with Crippen LogP contribution in [0.25, 0.3) is 0 Å². The lowest BCUT2D eigenvalue weighted by Crippen LogP contribution is -2.45. The van der Waals surface area contributed by atoms with Crippen LogP contribution < -0.4 is 10.1 Å².